The Kier molecular flexibility index (Phi) is 5.79. The van der Waals surface area contributed by atoms with E-state index in [4.69, 9.17) is 0 Å². The summed E-state index contributed by atoms with van der Waals surface area (Å²) in [6.45, 7) is 1.81. The zero-order valence-corrected chi connectivity index (χ0v) is 15.4. The average molecular weight is 390 g/mol. The minimum absolute atomic E-state index is 0.177. The highest BCUT2D eigenvalue weighted by Gasteiger charge is 2.18. The van der Waals surface area contributed by atoms with E-state index in [0.717, 1.165) is 47.5 Å². The second-order valence-corrected chi connectivity index (χ2v) is 7.72. The molecule has 2 aromatic rings. The molecule has 0 saturated carbocycles. The first-order valence-electron chi connectivity index (χ1n) is 7.93. The van der Waals surface area contributed by atoms with Gasteiger partial charge in [0.2, 0.25) is 0 Å². The van der Waals surface area contributed by atoms with Crippen LogP contribution in [0.3, 0.4) is 0 Å². The van der Waals surface area contributed by atoms with Crippen LogP contribution in [0.2, 0.25) is 0 Å². The number of nitrogens with zero attached hydrogens (tertiary/aromatic N) is 1. The van der Waals surface area contributed by atoms with Gasteiger partial charge in [0.25, 0.3) is 5.91 Å². The number of likely N-dealkylation sites (tertiary alicyclic amines) is 1. The van der Waals surface area contributed by atoms with E-state index >= 15 is 0 Å². The van der Waals surface area contributed by atoms with Crippen LogP contribution in [0, 0.1) is 0 Å². The van der Waals surface area contributed by atoms with E-state index in [0.29, 0.717) is 0 Å². The first-order chi connectivity index (χ1) is 11.2. The van der Waals surface area contributed by atoms with E-state index in [1.807, 2.05) is 28.8 Å². The number of carbonyl (C=O) groups is 1. The third kappa shape index (κ3) is 4.61. The summed E-state index contributed by atoms with van der Waals surface area (Å²) in [4.78, 5) is 14.3. The topological polar surface area (TPSA) is 20.3 Å². The maximum absolute atomic E-state index is 12.3. The minimum Gasteiger partial charge on any atom is -0.339 e. The Bertz CT molecular complexity index is 648. The van der Waals surface area contributed by atoms with Crippen LogP contribution in [0.4, 0.5) is 0 Å². The predicted octanol–water partition coefficient (Wildman–Crippen LogP) is 5.12. The lowest BCUT2D eigenvalue weighted by Crippen LogP contribution is -2.27. The molecule has 1 saturated heterocycles. The van der Waals surface area contributed by atoms with Gasteiger partial charge >= 0.3 is 0 Å². The second kappa shape index (κ2) is 8.02. The van der Waals surface area contributed by atoms with Crippen molar-refractivity contribution in [3.8, 4) is 0 Å². The van der Waals surface area contributed by atoms with Crippen LogP contribution in [-0.4, -0.2) is 23.9 Å². The Morgan fingerprint density at radius 1 is 0.913 bits per heavy atom. The largest absolute Gasteiger partial charge is 0.339 e. The molecule has 0 spiro atoms. The van der Waals surface area contributed by atoms with Gasteiger partial charge in [0.15, 0.2) is 0 Å². The summed E-state index contributed by atoms with van der Waals surface area (Å²) < 4.78 is 1.12. The van der Waals surface area contributed by atoms with Gasteiger partial charge in [-0.15, -0.1) is 0 Å². The first kappa shape index (κ1) is 16.6. The quantitative estimate of drug-likeness (QED) is 0.707. The number of amides is 1. The SMILES string of the molecule is O=C(c1ccc(CSCc2ccc(Br)cc2)cc1)N1CCCC1. The van der Waals surface area contributed by atoms with E-state index < -0.39 is 0 Å². The lowest BCUT2D eigenvalue weighted by molar-refractivity contribution is 0.0793. The number of benzene rings is 2. The fourth-order valence-corrected chi connectivity index (χ4v) is 3.94. The molecule has 1 amide bonds. The lowest BCUT2D eigenvalue weighted by Gasteiger charge is -2.15. The van der Waals surface area contributed by atoms with E-state index in [2.05, 4.69) is 52.3 Å². The van der Waals surface area contributed by atoms with Crippen molar-refractivity contribution in [3.05, 3.63) is 69.7 Å². The van der Waals surface area contributed by atoms with E-state index in [1.54, 1.807) is 0 Å². The molecule has 4 heteroatoms. The fraction of sp³-hybridized carbons (Fsp3) is 0.316. The normalized spacial score (nSPS) is 14.2. The molecular weight excluding hydrogens is 370 g/mol. The molecule has 1 aliphatic heterocycles. The Hall–Kier alpha value is -1.26. The van der Waals surface area contributed by atoms with Gasteiger partial charge in [-0.05, 0) is 48.2 Å². The van der Waals surface area contributed by atoms with Crippen LogP contribution in [0.25, 0.3) is 0 Å². The number of hydrogen-bond donors (Lipinski definition) is 0. The van der Waals surface area contributed by atoms with Crippen molar-refractivity contribution in [3.63, 3.8) is 0 Å². The molecule has 0 radical (unpaired) electrons. The van der Waals surface area contributed by atoms with Gasteiger partial charge < -0.3 is 4.90 Å². The summed E-state index contributed by atoms with van der Waals surface area (Å²) in [6, 6.07) is 16.6. The van der Waals surface area contributed by atoms with Crippen LogP contribution in [0.1, 0.15) is 34.3 Å². The van der Waals surface area contributed by atoms with Gasteiger partial charge in [-0.2, -0.15) is 11.8 Å². The number of carbonyl (C=O) groups excluding carboxylic acids is 1. The maximum atomic E-state index is 12.3. The van der Waals surface area contributed by atoms with Crippen molar-refractivity contribution in [1.29, 1.82) is 0 Å². The third-order valence-corrected chi connectivity index (χ3v) is 5.65. The highest BCUT2D eigenvalue weighted by atomic mass is 79.9. The van der Waals surface area contributed by atoms with Gasteiger partial charge in [-0.3, -0.25) is 4.79 Å². The van der Waals surface area contributed by atoms with Crippen molar-refractivity contribution in [1.82, 2.24) is 4.90 Å². The van der Waals surface area contributed by atoms with Crippen LogP contribution < -0.4 is 0 Å². The number of hydrogen-bond acceptors (Lipinski definition) is 2. The van der Waals surface area contributed by atoms with Crippen molar-refractivity contribution in [2.45, 2.75) is 24.3 Å². The van der Waals surface area contributed by atoms with Crippen LogP contribution in [-0.2, 0) is 11.5 Å². The van der Waals surface area contributed by atoms with Gasteiger partial charge in [0.05, 0.1) is 0 Å². The van der Waals surface area contributed by atoms with Crippen LogP contribution in [0.15, 0.2) is 53.0 Å². The van der Waals surface area contributed by atoms with Gasteiger partial charge in [0.1, 0.15) is 0 Å². The number of halogens is 1. The first-order valence-corrected chi connectivity index (χ1v) is 9.87. The monoisotopic (exact) mass is 389 g/mol. The zero-order valence-electron chi connectivity index (χ0n) is 13.0. The maximum Gasteiger partial charge on any atom is 0.253 e. The molecular formula is C19H20BrNOS. The predicted molar refractivity (Wildman–Crippen MR) is 101 cm³/mol. The van der Waals surface area contributed by atoms with Crippen LogP contribution >= 0.6 is 27.7 Å². The summed E-state index contributed by atoms with van der Waals surface area (Å²) in [5.74, 6) is 2.15. The molecule has 120 valence electrons. The lowest BCUT2D eigenvalue weighted by atomic mass is 10.1. The highest BCUT2D eigenvalue weighted by Crippen LogP contribution is 2.20. The minimum atomic E-state index is 0.177. The summed E-state index contributed by atoms with van der Waals surface area (Å²) in [5, 5.41) is 0. The van der Waals surface area contributed by atoms with E-state index in [9.17, 15) is 4.79 Å². The van der Waals surface area contributed by atoms with Gasteiger partial charge in [-0.1, -0.05) is 40.2 Å². The average Bonchev–Trinajstić information content (AvgIpc) is 3.11. The molecule has 1 fully saturated rings. The summed E-state index contributed by atoms with van der Waals surface area (Å²) >= 11 is 5.35. The molecule has 2 nitrogen and oxygen atoms in total. The Morgan fingerprint density at radius 3 is 2.00 bits per heavy atom. The van der Waals surface area contributed by atoms with Gasteiger partial charge in [-0.25, -0.2) is 0 Å². The number of rotatable bonds is 5. The third-order valence-electron chi connectivity index (χ3n) is 4.04. The standard InChI is InChI=1S/C19H20BrNOS/c20-18-9-5-16(6-10-18)14-23-13-15-3-7-17(8-4-15)19(22)21-11-1-2-12-21/h3-10H,1-2,11-14H2. The second-order valence-electron chi connectivity index (χ2n) is 5.82. The Balaban J connectivity index is 1.51. The Morgan fingerprint density at radius 2 is 1.43 bits per heavy atom. The van der Waals surface area contributed by atoms with E-state index in [1.165, 1.54) is 11.1 Å². The molecule has 1 heterocycles. The molecule has 2 aromatic carbocycles. The molecule has 23 heavy (non-hydrogen) atoms. The smallest absolute Gasteiger partial charge is 0.253 e. The summed E-state index contributed by atoms with van der Waals surface area (Å²) in [5.41, 5.74) is 3.41. The van der Waals surface area contributed by atoms with Crippen molar-refractivity contribution < 1.29 is 4.79 Å². The summed E-state index contributed by atoms with van der Waals surface area (Å²) in [7, 11) is 0. The van der Waals surface area contributed by atoms with Crippen molar-refractivity contribution in [2.24, 2.45) is 0 Å². The molecule has 0 aliphatic carbocycles. The molecule has 0 N–H and O–H groups in total. The molecule has 0 unspecified atom stereocenters. The highest BCUT2D eigenvalue weighted by molar-refractivity contribution is 9.10. The molecule has 0 atom stereocenters. The Labute approximate surface area is 150 Å². The molecule has 0 bridgehead atoms. The zero-order chi connectivity index (χ0) is 16.1. The molecule has 3 rings (SSSR count). The van der Waals surface area contributed by atoms with Crippen molar-refractivity contribution >= 4 is 33.6 Å². The fourth-order valence-electron chi connectivity index (χ4n) is 2.71. The number of thioether (sulfide) groups is 1. The van der Waals surface area contributed by atoms with Crippen LogP contribution in [0.5, 0.6) is 0 Å². The van der Waals surface area contributed by atoms with Gasteiger partial charge in [0, 0.05) is 34.6 Å². The molecule has 0 aromatic heterocycles. The van der Waals surface area contributed by atoms with Crippen molar-refractivity contribution in [2.75, 3.05) is 13.1 Å². The summed E-state index contributed by atoms with van der Waals surface area (Å²) in [6.07, 6.45) is 2.27. The molecule has 1 aliphatic rings. The van der Waals surface area contributed by atoms with E-state index in [-0.39, 0.29) is 5.91 Å².